The Kier molecular flexibility index (Phi) is 4.66. The third-order valence-corrected chi connectivity index (χ3v) is 6.16. The Hall–Kier alpha value is -2.75. The molecule has 1 fully saturated rings. The molecule has 0 aliphatic carbocycles. The lowest BCUT2D eigenvalue weighted by atomic mass is 9.90. The number of nitrogens with one attached hydrogen (secondary N) is 1. The van der Waals surface area contributed by atoms with Crippen LogP contribution in [0.15, 0.2) is 41.4 Å². The number of benzene rings is 2. The lowest BCUT2D eigenvalue weighted by Crippen LogP contribution is -2.29. The third kappa shape index (κ3) is 3.28. The second-order valence-corrected chi connectivity index (χ2v) is 8.34. The molecule has 1 amide bonds. The smallest absolute Gasteiger partial charge is 0.253 e. The summed E-state index contributed by atoms with van der Waals surface area (Å²) in [7, 11) is 0. The fourth-order valence-corrected chi connectivity index (χ4v) is 4.53. The molecule has 0 bridgehead atoms. The first-order chi connectivity index (χ1) is 13.3. The molecular weight excluding hydrogens is 346 g/mol. The Morgan fingerprint density at radius 2 is 1.82 bits per heavy atom. The van der Waals surface area contributed by atoms with Crippen LogP contribution >= 0.6 is 0 Å². The summed E-state index contributed by atoms with van der Waals surface area (Å²) in [5.74, 6) is 1.31. The van der Waals surface area contributed by atoms with Crippen LogP contribution in [-0.2, 0) is 6.42 Å². The van der Waals surface area contributed by atoms with Crippen molar-refractivity contribution in [1.82, 2.24) is 4.90 Å². The second-order valence-electron chi connectivity index (χ2n) is 8.34. The molecule has 2 aliphatic heterocycles. The number of hydrogen-bond acceptors (Lipinski definition) is 2. The maximum atomic E-state index is 13.3. The van der Waals surface area contributed by atoms with Crippen LogP contribution in [-0.4, -0.2) is 35.4 Å². The van der Waals surface area contributed by atoms with Gasteiger partial charge < -0.3 is 4.90 Å². The molecule has 0 aromatic heterocycles. The van der Waals surface area contributed by atoms with E-state index >= 15 is 0 Å². The highest BCUT2D eigenvalue weighted by atomic mass is 16.2. The van der Waals surface area contributed by atoms with E-state index in [9.17, 15) is 4.79 Å². The van der Waals surface area contributed by atoms with E-state index in [2.05, 4.69) is 43.1 Å². The molecule has 4 heteroatoms. The van der Waals surface area contributed by atoms with Gasteiger partial charge in [0.05, 0.1) is 0 Å². The van der Waals surface area contributed by atoms with Gasteiger partial charge in [-0.25, -0.2) is 4.99 Å². The fraction of sp³-hybridized carbons (Fsp3) is 0.375. The van der Waals surface area contributed by atoms with Crippen molar-refractivity contribution in [2.24, 2.45) is 10.9 Å². The standard InChI is InChI=1S/C24H27N3O/c1-14-5-7-18(8-6-14)22-13-27(12-16(22)3)24(28)19-9-15(2)20-11-23(25)26-17(4)21(20)10-19/h5-10,16,22,25H,11-13H2,1-4H3/t16-,22-/m0/s1. The van der Waals surface area contributed by atoms with Crippen molar-refractivity contribution in [2.75, 3.05) is 13.1 Å². The van der Waals surface area contributed by atoms with E-state index < -0.39 is 0 Å². The largest absolute Gasteiger partial charge is 0.338 e. The van der Waals surface area contributed by atoms with Crippen LogP contribution in [0.1, 0.15) is 57.9 Å². The number of fused-ring (bicyclic) bond motifs is 1. The van der Waals surface area contributed by atoms with Gasteiger partial charge in [0.1, 0.15) is 5.84 Å². The molecule has 2 aromatic carbocycles. The summed E-state index contributed by atoms with van der Waals surface area (Å²) in [6.45, 7) is 9.83. The van der Waals surface area contributed by atoms with Gasteiger partial charge in [-0.3, -0.25) is 10.2 Å². The van der Waals surface area contributed by atoms with Crippen molar-refractivity contribution < 1.29 is 4.79 Å². The van der Waals surface area contributed by atoms with Gasteiger partial charge in [-0.2, -0.15) is 0 Å². The first-order valence-corrected chi connectivity index (χ1v) is 9.96. The van der Waals surface area contributed by atoms with Gasteiger partial charge in [-0.1, -0.05) is 36.8 Å². The SMILES string of the molecule is CC1=NC(=N)Cc2c(C)cc(C(=O)N3C[C@H](c4ccc(C)cc4)[C@@H](C)C3)cc21. The summed E-state index contributed by atoms with van der Waals surface area (Å²) in [4.78, 5) is 19.6. The molecule has 1 N–H and O–H groups in total. The minimum Gasteiger partial charge on any atom is -0.338 e. The van der Waals surface area contributed by atoms with E-state index in [4.69, 9.17) is 5.41 Å². The zero-order valence-corrected chi connectivity index (χ0v) is 17.0. The number of carbonyl (C=O) groups excluding carboxylic acids is 1. The van der Waals surface area contributed by atoms with Crippen LogP contribution < -0.4 is 0 Å². The Morgan fingerprint density at radius 1 is 1.11 bits per heavy atom. The molecule has 144 valence electrons. The molecule has 0 saturated carbocycles. The zero-order valence-electron chi connectivity index (χ0n) is 17.0. The molecule has 4 nitrogen and oxygen atoms in total. The minimum atomic E-state index is 0.0980. The number of aryl methyl sites for hydroxylation is 2. The van der Waals surface area contributed by atoms with Crippen molar-refractivity contribution in [3.05, 3.63) is 69.8 Å². The van der Waals surface area contributed by atoms with E-state index in [0.29, 0.717) is 24.1 Å². The van der Waals surface area contributed by atoms with Gasteiger partial charge in [0.25, 0.3) is 5.91 Å². The molecule has 2 aromatic rings. The number of aliphatic imine (C=N–C) groups is 1. The van der Waals surface area contributed by atoms with Crippen molar-refractivity contribution in [3.63, 3.8) is 0 Å². The molecule has 0 unspecified atom stereocenters. The number of amidine groups is 1. The summed E-state index contributed by atoms with van der Waals surface area (Å²) < 4.78 is 0. The Labute approximate surface area is 166 Å². The average molecular weight is 374 g/mol. The molecule has 0 spiro atoms. The van der Waals surface area contributed by atoms with Crippen molar-refractivity contribution >= 4 is 17.5 Å². The quantitative estimate of drug-likeness (QED) is 0.827. The molecule has 2 heterocycles. The molecule has 2 atom stereocenters. The monoisotopic (exact) mass is 373 g/mol. The summed E-state index contributed by atoms with van der Waals surface area (Å²) in [6, 6.07) is 12.7. The number of hydrogen-bond donors (Lipinski definition) is 1. The Balaban J connectivity index is 1.60. The highest BCUT2D eigenvalue weighted by Crippen LogP contribution is 2.34. The van der Waals surface area contributed by atoms with Crippen LogP contribution in [0.3, 0.4) is 0 Å². The van der Waals surface area contributed by atoms with Crippen molar-refractivity contribution in [2.45, 2.75) is 40.0 Å². The van der Waals surface area contributed by atoms with Gasteiger partial charge in [0.2, 0.25) is 0 Å². The lowest BCUT2D eigenvalue weighted by Gasteiger charge is -2.21. The number of amides is 1. The van der Waals surface area contributed by atoms with Crippen LogP contribution in [0.2, 0.25) is 0 Å². The van der Waals surface area contributed by atoms with Gasteiger partial charge in [-0.05, 0) is 55.5 Å². The molecular formula is C24H27N3O. The van der Waals surface area contributed by atoms with E-state index in [-0.39, 0.29) is 5.91 Å². The predicted molar refractivity (Wildman–Crippen MR) is 114 cm³/mol. The maximum Gasteiger partial charge on any atom is 0.253 e. The second kappa shape index (κ2) is 7.01. The van der Waals surface area contributed by atoms with Gasteiger partial charge in [0.15, 0.2) is 0 Å². The zero-order chi connectivity index (χ0) is 20.0. The maximum absolute atomic E-state index is 13.3. The first kappa shape index (κ1) is 18.6. The first-order valence-electron chi connectivity index (χ1n) is 9.96. The Bertz CT molecular complexity index is 988. The van der Waals surface area contributed by atoms with Crippen LogP contribution in [0.5, 0.6) is 0 Å². The molecule has 4 rings (SSSR count). The van der Waals surface area contributed by atoms with Crippen molar-refractivity contribution in [1.29, 1.82) is 5.41 Å². The summed E-state index contributed by atoms with van der Waals surface area (Å²) >= 11 is 0. The number of rotatable bonds is 2. The predicted octanol–water partition coefficient (Wildman–Crippen LogP) is 4.52. The van der Waals surface area contributed by atoms with Crippen LogP contribution in [0, 0.1) is 25.2 Å². The molecule has 1 saturated heterocycles. The van der Waals surface area contributed by atoms with E-state index in [1.165, 1.54) is 11.1 Å². The van der Waals surface area contributed by atoms with Crippen molar-refractivity contribution in [3.8, 4) is 0 Å². The minimum absolute atomic E-state index is 0.0980. The molecule has 0 radical (unpaired) electrons. The van der Waals surface area contributed by atoms with Crippen LogP contribution in [0.4, 0.5) is 0 Å². The van der Waals surface area contributed by atoms with Gasteiger partial charge in [-0.15, -0.1) is 0 Å². The number of carbonyl (C=O) groups is 1. The van der Waals surface area contributed by atoms with E-state index in [1.807, 2.05) is 30.9 Å². The Morgan fingerprint density at radius 3 is 2.54 bits per heavy atom. The lowest BCUT2D eigenvalue weighted by molar-refractivity contribution is 0.0786. The topological polar surface area (TPSA) is 56.5 Å². The average Bonchev–Trinajstić information content (AvgIpc) is 3.04. The molecule has 2 aliphatic rings. The van der Waals surface area contributed by atoms with Gasteiger partial charge >= 0.3 is 0 Å². The summed E-state index contributed by atoms with van der Waals surface area (Å²) in [5.41, 5.74) is 7.35. The van der Waals surface area contributed by atoms with Gasteiger partial charge in [0, 0.05) is 42.3 Å². The van der Waals surface area contributed by atoms with Crippen LogP contribution in [0.25, 0.3) is 0 Å². The summed E-state index contributed by atoms with van der Waals surface area (Å²) in [6.07, 6.45) is 0.545. The number of likely N-dealkylation sites (tertiary alicyclic amines) is 1. The highest BCUT2D eigenvalue weighted by molar-refractivity contribution is 6.11. The number of nitrogens with zero attached hydrogens (tertiary/aromatic N) is 2. The normalized spacial score (nSPS) is 21.5. The van der Waals surface area contributed by atoms with E-state index in [0.717, 1.165) is 41.1 Å². The van der Waals surface area contributed by atoms with E-state index in [1.54, 1.807) is 0 Å². The third-order valence-electron chi connectivity index (χ3n) is 6.16. The molecule has 28 heavy (non-hydrogen) atoms. The fourth-order valence-electron chi connectivity index (χ4n) is 4.53. The summed E-state index contributed by atoms with van der Waals surface area (Å²) in [5, 5.41) is 7.90. The highest BCUT2D eigenvalue weighted by Gasteiger charge is 2.34.